The van der Waals surface area contributed by atoms with E-state index in [0.717, 1.165) is 22.4 Å². The summed E-state index contributed by atoms with van der Waals surface area (Å²) in [6.45, 7) is 4.03. The molecule has 0 atom stereocenters. The van der Waals surface area contributed by atoms with Crippen molar-refractivity contribution in [2.24, 2.45) is 0 Å². The van der Waals surface area contributed by atoms with Crippen molar-refractivity contribution in [2.45, 2.75) is 13.8 Å². The number of nitrogens with zero attached hydrogens (tertiary/aromatic N) is 3. The van der Waals surface area contributed by atoms with E-state index >= 15 is 0 Å². The van der Waals surface area contributed by atoms with Gasteiger partial charge in [-0.25, -0.2) is 9.67 Å². The second-order valence-corrected chi connectivity index (χ2v) is 4.47. The minimum absolute atomic E-state index is 0.661. The third kappa shape index (κ3) is 1.62. The van der Waals surface area contributed by atoms with Crippen molar-refractivity contribution in [2.75, 3.05) is 5.73 Å². The minimum atomic E-state index is 0.661. The van der Waals surface area contributed by atoms with Crippen LogP contribution in [0.5, 0.6) is 0 Å². The van der Waals surface area contributed by atoms with Gasteiger partial charge in [0.2, 0.25) is 0 Å². The molecule has 4 heteroatoms. The van der Waals surface area contributed by atoms with Gasteiger partial charge in [-0.2, -0.15) is 5.10 Å². The molecule has 0 saturated carbocycles. The molecule has 0 fully saturated rings. The second-order valence-electron chi connectivity index (χ2n) is 4.47. The lowest BCUT2D eigenvalue weighted by Gasteiger charge is -2.03. The van der Waals surface area contributed by atoms with Crippen LogP contribution in [0.1, 0.15) is 11.3 Å². The Kier molecular flexibility index (Phi) is 2.30. The first-order valence-corrected chi connectivity index (χ1v) is 5.83. The Bertz CT molecular complexity index is 710. The van der Waals surface area contributed by atoms with Crippen LogP contribution < -0.4 is 5.73 Å². The summed E-state index contributed by atoms with van der Waals surface area (Å²) in [5, 5.41) is 5.53. The molecule has 0 spiro atoms. The van der Waals surface area contributed by atoms with Crippen LogP contribution >= 0.6 is 0 Å². The average Bonchev–Trinajstić information content (AvgIpc) is 2.68. The lowest BCUT2D eigenvalue weighted by atomic mass is 10.2. The van der Waals surface area contributed by atoms with Gasteiger partial charge in [0.1, 0.15) is 0 Å². The highest BCUT2D eigenvalue weighted by molar-refractivity contribution is 5.82. The van der Waals surface area contributed by atoms with Crippen LogP contribution in [0.15, 0.2) is 36.5 Å². The molecule has 0 aliphatic carbocycles. The average molecular weight is 238 g/mol. The van der Waals surface area contributed by atoms with E-state index in [2.05, 4.69) is 29.1 Å². The Balaban J connectivity index is 2.26. The summed E-state index contributed by atoms with van der Waals surface area (Å²) in [5.41, 5.74) is 10.4. The Hall–Kier alpha value is -2.36. The van der Waals surface area contributed by atoms with Crippen LogP contribution in [0, 0.1) is 13.8 Å². The van der Waals surface area contributed by atoms with Crippen LogP contribution in [0.4, 0.5) is 5.69 Å². The summed E-state index contributed by atoms with van der Waals surface area (Å²) in [7, 11) is 0. The quantitative estimate of drug-likeness (QED) is 0.709. The first-order chi connectivity index (χ1) is 8.65. The van der Waals surface area contributed by atoms with Crippen molar-refractivity contribution < 1.29 is 0 Å². The van der Waals surface area contributed by atoms with Gasteiger partial charge in [0, 0.05) is 5.39 Å². The van der Waals surface area contributed by atoms with E-state index in [1.807, 2.05) is 29.8 Å². The van der Waals surface area contributed by atoms with E-state index in [-0.39, 0.29) is 0 Å². The molecule has 0 bridgehead atoms. The molecule has 2 aromatic heterocycles. The number of aryl methyl sites for hydroxylation is 2. The van der Waals surface area contributed by atoms with Gasteiger partial charge in [-0.3, -0.25) is 0 Å². The smallest absolute Gasteiger partial charge is 0.163 e. The van der Waals surface area contributed by atoms with Crippen LogP contribution in [0.25, 0.3) is 16.7 Å². The summed E-state index contributed by atoms with van der Waals surface area (Å²) in [6.07, 6.45) is 1.66. The van der Waals surface area contributed by atoms with Gasteiger partial charge in [-0.05, 0) is 32.0 Å². The normalized spacial score (nSPS) is 11.0. The largest absolute Gasteiger partial charge is 0.397 e. The van der Waals surface area contributed by atoms with Gasteiger partial charge in [0.25, 0.3) is 0 Å². The zero-order valence-corrected chi connectivity index (χ0v) is 10.4. The van der Waals surface area contributed by atoms with E-state index in [1.165, 1.54) is 5.56 Å². The molecule has 3 aromatic rings. The molecule has 90 valence electrons. The number of pyridine rings is 1. The predicted octanol–water partition coefficient (Wildman–Crippen LogP) is 2.62. The lowest BCUT2D eigenvalue weighted by Crippen LogP contribution is -1.98. The van der Waals surface area contributed by atoms with Crippen LogP contribution in [-0.2, 0) is 0 Å². The molecule has 2 N–H and O–H groups in total. The molecule has 3 rings (SSSR count). The number of anilines is 1. The van der Waals surface area contributed by atoms with E-state index in [9.17, 15) is 0 Å². The Morgan fingerprint density at radius 2 is 1.83 bits per heavy atom. The van der Waals surface area contributed by atoms with Gasteiger partial charge in [0.15, 0.2) is 5.65 Å². The molecule has 0 saturated heterocycles. The van der Waals surface area contributed by atoms with E-state index < -0.39 is 0 Å². The zero-order chi connectivity index (χ0) is 12.7. The molecule has 1 aromatic carbocycles. The van der Waals surface area contributed by atoms with Crippen LogP contribution in [-0.4, -0.2) is 14.8 Å². The van der Waals surface area contributed by atoms with Crippen LogP contribution in [0.2, 0.25) is 0 Å². The van der Waals surface area contributed by atoms with E-state index in [4.69, 9.17) is 5.73 Å². The maximum atomic E-state index is 5.76. The number of benzene rings is 1. The van der Waals surface area contributed by atoms with Crippen molar-refractivity contribution >= 4 is 16.7 Å². The van der Waals surface area contributed by atoms with Gasteiger partial charge in [-0.1, -0.05) is 17.7 Å². The third-order valence-corrected chi connectivity index (χ3v) is 3.01. The van der Waals surface area contributed by atoms with Crippen molar-refractivity contribution in [3.05, 3.63) is 47.8 Å². The standard InChI is InChI=1S/C14H14N4/c1-9-3-5-12(6-4-9)18-14-13(10(2)17-18)7-11(15)8-16-14/h3-8H,15H2,1-2H3. The number of hydrogen-bond acceptors (Lipinski definition) is 3. The summed E-state index contributed by atoms with van der Waals surface area (Å²) >= 11 is 0. The molecule has 2 heterocycles. The molecule has 0 aliphatic heterocycles. The van der Waals surface area contributed by atoms with Gasteiger partial charge >= 0.3 is 0 Å². The maximum Gasteiger partial charge on any atom is 0.163 e. The Morgan fingerprint density at radius 1 is 1.11 bits per heavy atom. The summed E-state index contributed by atoms with van der Waals surface area (Å²) < 4.78 is 1.85. The van der Waals surface area contributed by atoms with Crippen molar-refractivity contribution in [3.8, 4) is 5.69 Å². The molecular formula is C14H14N4. The minimum Gasteiger partial charge on any atom is -0.397 e. The van der Waals surface area contributed by atoms with E-state index in [0.29, 0.717) is 5.69 Å². The summed E-state index contributed by atoms with van der Waals surface area (Å²) in [6, 6.07) is 10.1. The molecule has 4 nitrogen and oxygen atoms in total. The fraction of sp³-hybridized carbons (Fsp3) is 0.143. The zero-order valence-electron chi connectivity index (χ0n) is 10.4. The van der Waals surface area contributed by atoms with E-state index in [1.54, 1.807) is 6.20 Å². The molecule has 0 aliphatic rings. The molecular weight excluding hydrogens is 224 g/mol. The number of hydrogen-bond donors (Lipinski definition) is 1. The highest BCUT2D eigenvalue weighted by Crippen LogP contribution is 2.21. The number of nitrogen functional groups attached to an aromatic ring is 1. The first kappa shape index (κ1) is 10.8. The molecule has 18 heavy (non-hydrogen) atoms. The molecule has 0 radical (unpaired) electrons. The third-order valence-electron chi connectivity index (χ3n) is 3.01. The number of nitrogens with two attached hydrogens (primary N) is 1. The maximum absolute atomic E-state index is 5.76. The first-order valence-electron chi connectivity index (χ1n) is 5.83. The molecule has 0 unspecified atom stereocenters. The number of rotatable bonds is 1. The number of fused-ring (bicyclic) bond motifs is 1. The second kappa shape index (κ2) is 3.84. The monoisotopic (exact) mass is 238 g/mol. The van der Waals surface area contributed by atoms with Gasteiger partial charge in [-0.15, -0.1) is 0 Å². The highest BCUT2D eigenvalue weighted by atomic mass is 15.3. The fourth-order valence-corrected chi connectivity index (χ4v) is 2.03. The molecule has 0 amide bonds. The van der Waals surface area contributed by atoms with Crippen LogP contribution in [0.3, 0.4) is 0 Å². The highest BCUT2D eigenvalue weighted by Gasteiger charge is 2.10. The predicted molar refractivity (Wildman–Crippen MR) is 72.8 cm³/mol. The fourth-order valence-electron chi connectivity index (χ4n) is 2.03. The summed E-state index contributed by atoms with van der Waals surface area (Å²) in [4.78, 5) is 4.38. The number of aromatic nitrogens is 3. The van der Waals surface area contributed by atoms with Gasteiger partial charge in [0.05, 0.1) is 23.3 Å². The Morgan fingerprint density at radius 3 is 2.56 bits per heavy atom. The van der Waals surface area contributed by atoms with Crippen molar-refractivity contribution in [3.63, 3.8) is 0 Å². The van der Waals surface area contributed by atoms with Gasteiger partial charge < -0.3 is 5.73 Å². The summed E-state index contributed by atoms with van der Waals surface area (Å²) in [5.74, 6) is 0. The van der Waals surface area contributed by atoms with Crippen molar-refractivity contribution in [1.82, 2.24) is 14.8 Å². The SMILES string of the molecule is Cc1ccc(-n2nc(C)c3cc(N)cnc32)cc1. The van der Waals surface area contributed by atoms with Crippen molar-refractivity contribution in [1.29, 1.82) is 0 Å². The Labute approximate surface area is 105 Å². The topological polar surface area (TPSA) is 56.7 Å². The lowest BCUT2D eigenvalue weighted by molar-refractivity contribution is 0.877.